The van der Waals surface area contributed by atoms with E-state index in [1.54, 1.807) is 0 Å². The van der Waals surface area contributed by atoms with Gasteiger partial charge in [-0.2, -0.15) is 0 Å². The fraction of sp³-hybridized carbons (Fsp3) is 0.250. The van der Waals surface area contributed by atoms with Crippen molar-refractivity contribution >= 4 is 22.3 Å². The van der Waals surface area contributed by atoms with Crippen LogP contribution in [0.25, 0.3) is 0 Å². The van der Waals surface area contributed by atoms with Gasteiger partial charge in [0.2, 0.25) is 6.41 Å². The molecule has 0 fully saturated rings. The Morgan fingerprint density at radius 3 is 3.00 bits per heavy atom. The summed E-state index contributed by atoms with van der Waals surface area (Å²) < 4.78 is 0. The molecule has 1 amide bonds. The summed E-state index contributed by atoms with van der Waals surface area (Å²) in [5.74, 6) is 2.57. The van der Waals surface area contributed by atoms with Gasteiger partial charge in [0.25, 0.3) is 0 Å². The van der Waals surface area contributed by atoms with E-state index in [0.717, 1.165) is 0 Å². The zero-order chi connectivity index (χ0) is 5.54. The fourth-order valence-corrected chi connectivity index (χ4v) is 0.266. The van der Waals surface area contributed by atoms with Gasteiger partial charge in [-0.05, 0) is 4.83 Å². The van der Waals surface area contributed by atoms with Crippen LogP contribution in [0.4, 0.5) is 0 Å². The number of halogens is 1. The van der Waals surface area contributed by atoms with Crippen LogP contribution in [0.15, 0.2) is 0 Å². The summed E-state index contributed by atoms with van der Waals surface area (Å²) >= 11 is 2.86. The first-order valence-electron chi connectivity index (χ1n) is 1.67. The molecule has 38 valence electrons. The molecule has 0 aliphatic rings. The Balaban J connectivity index is 2.92. The van der Waals surface area contributed by atoms with Crippen LogP contribution < -0.4 is 5.32 Å². The van der Waals surface area contributed by atoms with Gasteiger partial charge in [0.15, 0.2) is 0 Å². The van der Waals surface area contributed by atoms with E-state index in [1.165, 1.54) is 0 Å². The molecule has 0 rings (SSSR count). The SMILES string of the molecule is O=CNCC#CBr. The molecule has 0 atom stereocenters. The van der Waals surface area contributed by atoms with E-state index in [9.17, 15) is 4.79 Å². The summed E-state index contributed by atoms with van der Waals surface area (Å²) in [4.78, 5) is 11.9. The van der Waals surface area contributed by atoms with Gasteiger partial charge >= 0.3 is 0 Å². The van der Waals surface area contributed by atoms with Crippen molar-refractivity contribution in [2.45, 2.75) is 0 Å². The summed E-state index contributed by atoms with van der Waals surface area (Å²) in [5.41, 5.74) is 0. The van der Waals surface area contributed by atoms with Crippen LogP contribution in [-0.2, 0) is 4.79 Å². The molecule has 0 aromatic rings. The van der Waals surface area contributed by atoms with Gasteiger partial charge in [-0.15, -0.1) is 0 Å². The predicted octanol–water partition coefficient (Wildman–Crippen LogP) is 0.0882. The van der Waals surface area contributed by atoms with E-state index >= 15 is 0 Å². The first-order chi connectivity index (χ1) is 3.41. The van der Waals surface area contributed by atoms with Crippen molar-refractivity contribution in [2.75, 3.05) is 6.54 Å². The molecule has 0 aliphatic carbocycles. The number of nitrogens with one attached hydrogen (secondary N) is 1. The molecule has 0 aromatic heterocycles. The van der Waals surface area contributed by atoms with E-state index in [0.29, 0.717) is 13.0 Å². The first-order valence-corrected chi connectivity index (χ1v) is 2.46. The lowest BCUT2D eigenvalue weighted by atomic mass is 10.7. The van der Waals surface area contributed by atoms with Crippen LogP contribution >= 0.6 is 15.9 Å². The van der Waals surface area contributed by atoms with Crippen LogP contribution in [0.5, 0.6) is 0 Å². The van der Waals surface area contributed by atoms with Crippen molar-refractivity contribution in [3.63, 3.8) is 0 Å². The molecule has 1 N–H and O–H groups in total. The highest BCUT2D eigenvalue weighted by molar-refractivity contribution is 9.12. The normalized spacial score (nSPS) is 5.86. The lowest BCUT2D eigenvalue weighted by molar-refractivity contribution is -0.109. The molecule has 0 heterocycles. The lowest BCUT2D eigenvalue weighted by Gasteiger charge is -1.79. The van der Waals surface area contributed by atoms with Crippen LogP contribution in [0.1, 0.15) is 0 Å². The second kappa shape index (κ2) is 5.51. The summed E-state index contributed by atoms with van der Waals surface area (Å²) in [6, 6.07) is 0. The average molecular weight is 162 g/mol. The highest BCUT2D eigenvalue weighted by Gasteiger charge is 1.66. The largest absolute Gasteiger partial charge is 0.348 e. The molecule has 2 nitrogen and oxygen atoms in total. The molecule has 0 saturated carbocycles. The van der Waals surface area contributed by atoms with Crippen LogP contribution in [0, 0.1) is 10.8 Å². The Kier molecular flexibility index (Phi) is 5.12. The van der Waals surface area contributed by atoms with Crippen LogP contribution in [0.3, 0.4) is 0 Å². The summed E-state index contributed by atoms with van der Waals surface area (Å²) in [6.07, 6.45) is 0.608. The number of amides is 1. The van der Waals surface area contributed by atoms with Gasteiger partial charge in [-0.3, -0.25) is 4.79 Å². The molecule has 0 unspecified atom stereocenters. The highest BCUT2D eigenvalue weighted by atomic mass is 79.9. The monoisotopic (exact) mass is 161 g/mol. The molecule has 0 saturated heterocycles. The zero-order valence-electron chi connectivity index (χ0n) is 3.57. The maximum Gasteiger partial charge on any atom is 0.207 e. The minimum Gasteiger partial charge on any atom is -0.348 e. The van der Waals surface area contributed by atoms with Crippen molar-refractivity contribution in [3.05, 3.63) is 0 Å². The molecular weight excluding hydrogens is 158 g/mol. The van der Waals surface area contributed by atoms with Crippen molar-refractivity contribution in [1.82, 2.24) is 5.32 Å². The second-order valence-electron chi connectivity index (χ2n) is 0.770. The Labute approximate surface area is 50.4 Å². The number of carbonyl (C=O) groups excluding carboxylic acids is 1. The summed E-state index contributed by atoms with van der Waals surface area (Å²) in [6.45, 7) is 0.411. The van der Waals surface area contributed by atoms with E-state index in [-0.39, 0.29) is 0 Å². The van der Waals surface area contributed by atoms with Crippen molar-refractivity contribution in [1.29, 1.82) is 0 Å². The lowest BCUT2D eigenvalue weighted by Crippen LogP contribution is -2.09. The van der Waals surface area contributed by atoms with Crippen LogP contribution in [0.2, 0.25) is 0 Å². The van der Waals surface area contributed by atoms with Gasteiger partial charge in [0, 0.05) is 15.9 Å². The maximum absolute atomic E-state index is 9.49. The second-order valence-corrected chi connectivity index (χ2v) is 1.17. The van der Waals surface area contributed by atoms with Gasteiger partial charge in [-0.25, -0.2) is 0 Å². The van der Waals surface area contributed by atoms with Crippen molar-refractivity contribution < 1.29 is 4.79 Å². The van der Waals surface area contributed by atoms with Gasteiger partial charge in [-0.1, -0.05) is 5.92 Å². The third-order valence-electron chi connectivity index (χ3n) is 0.341. The molecule has 0 bridgehead atoms. The average Bonchev–Trinajstić information content (AvgIpc) is 1.69. The number of carbonyl (C=O) groups is 1. The van der Waals surface area contributed by atoms with E-state index in [1.807, 2.05) is 0 Å². The molecule has 0 aromatic carbocycles. The van der Waals surface area contributed by atoms with E-state index in [2.05, 4.69) is 32.0 Å². The predicted molar refractivity (Wildman–Crippen MR) is 30.8 cm³/mol. The Morgan fingerprint density at radius 2 is 2.57 bits per heavy atom. The molecule has 0 aliphatic heterocycles. The number of hydrogen-bond donors (Lipinski definition) is 1. The Hall–Kier alpha value is -0.490. The summed E-state index contributed by atoms with van der Waals surface area (Å²) in [7, 11) is 0. The zero-order valence-corrected chi connectivity index (χ0v) is 5.16. The quantitative estimate of drug-likeness (QED) is 0.348. The third kappa shape index (κ3) is 5.51. The minimum absolute atomic E-state index is 0.411. The third-order valence-corrected chi connectivity index (χ3v) is 0.621. The van der Waals surface area contributed by atoms with Crippen LogP contribution in [-0.4, -0.2) is 13.0 Å². The highest BCUT2D eigenvalue weighted by Crippen LogP contribution is 1.65. The van der Waals surface area contributed by atoms with Crippen molar-refractivity contribution in [2.24, 2.45) is 0 Å². The molecular formula is C4H4BrNO. The van der Waals surface area contributed by atoms with Crippen molar-refractivity contribution in [3.8, 4) is 10.8 Å². The fourth-order valence-electron chi connectivity index (χ4n) is 0.126. The molecule has 0 spiro atoms. The standard InChI is InChI=1S/C4H4BrNO/c5-2-1-3-6-4-7/h4H,3H2,(H,6,7). The Morgan fingerprint density at radius 1 is 1.86 bits per heavy atom. The van der Waals surface area contributed by atoms with Gasteiger partial charge in [0.05, 0.1) is 6.54 Å². The number of hydrogen-bond acceptors (Lipinski definition) is 1. The van der Waals surface area contributed by atoms with E-state index < -0.39 is 0 Å². The topological polar surface area (TPSA) is 29.1 Å². The first kappa shape index (κ1) is 6.51. The maximum atomic E-state index is 9.49. The van der Waals surface area contributed by atoms with E-state index in [4.69, 9.17) is 0 Å². The smallest absolute Gasteiger partial charge is 0.207 e. The molecule has 0 radical (unpaired) electrons. The van der Waals surface area contributed by atoms with Gasteiger partial charge < -0.3 is 5.32 Å². The minimum atomic E-state index is 0.411. The summed E-state index contributed by atoms with van der Waals surface area (Å²) in [5, 5.41) is 2.37. The molecule has 7 heavy (non-hydrogen) atoms. The van der Waals surface area contributed by atoms with Gasteiger partial charge in [0.1, 0.15) is 0 Å². The number of rotatable bonds is 2. The Bertz CT molecular complexity index is 102. The molecule has 3 heteroatoms.